The fourth-order valence-corrected chi connectivity index (χ4v) is 3.40. The summed E-state index contributed by atoms with van der Waals surface area (Å²) < 4.78 is 12.0. The van der Waals surface area contributed by atoms with E-state index in [0.717, 1.165) is 30.6 Å². The van der Waals surface area contributed by atoms with E-state index >= 15 is 0 Å². The molecule has 0 amide bonds. The third kappa shape index (κ3) is 6.79. The van der Waals surface area contributed by atoms with Crippen molar-refractivity contribution in [2.24, 2.45) is 5.16 Å². The quantitative estimate of drug-likeness (QED) is 0.325. The Morgan fingerprint density at radius 1 is 1.10 bits per heavy atom. The molecule has 1 N–H and O–H groups in total. The van der Waals surface area contributed by atoms with Gasteiger partial charge < -0.3 is 19.4 Å². The van der Waals surface area contributed by atoms with Gasteiger partial charge in [-0.1, -0.05) is 36.3 Å². The fraction of sp³-hybridized carbons (Fsp3) is 0.417. The molecule has 0 saturated heterocycles. The Balaban J connectivity index is 1.71. The van der Waals surface area contributed by atoms with E-state index in [2.05, 4.69) is 5.16 Å². The highest BCUT2D eigenvalue weighted by molar-refractivity contribution is 6.01. The van der Waals surface area contributed by atoms with Gasteiger partial charge in [0, 0.05) is 5.56 Å². The van der Waals surface area contributed by atoms with Gasteiger partial charge in [0.25, 0.3) is 0 Å². The number of hydrogen-bond donors (Lipinski definition) is 1. The SMILES string of the molecule is CCCO/N=C(\COc1cccc(CC(=O)O)c1)c1cccc(OC2CCCC2)c1. The molecule has 0 unspecified atom stereocenters. The Labute approximate surface area is 177 Å². The molecule has 160 valence electrons. The second-order valence-electron chi connectivity index (χ2n) is 7.43. The summed E-state index contributed by atoms with van der Waals surface area (Å²) >= 11 is 0. The Kier molecular flexibility index (Phi) is 8.12. The maximum Gasteiger partial charge on any atom is 0.307 e. The maximum absolute atomic E-state index is 10.9. The van der Waals surface area contributed by atoms with Crippen LogP contribution in [0.2, 0.25) is 0 Å². The zero-order valence-electron chi connectivity index (χ0n) is 17.4. The number of nitrogens with zero attached hydrogens (tertiary/aromatic N) is 1. The highest BCUT2D eigenvalue weighted by atomic mass is 16.6. The minimum absolute atomic E-state index is 0.0433. The molecule has 30 heavy (non-hydrogen) atoms. The van der Waals surface area contributed by atoms with Crippen LogP contribution in [0.3, 0.4) is 0 Å². The molecule has 2 aromatic rings. The Morgan fingerprint density at radius 3 is 2.63 bits per heavy atom. The van der Waals surface area contributed by atoms with Crippen LogP contribution in [0.5, 0.6) is 11.5 Å². The lowest BCUT2D eigenvalue weighted by atomic mass is 10.1. The molecule has 1 fully saturated rings. The summed E-state index contributed by atoms with van der Waals surface area (Å²) in [5, 5.41) is 13.3. The summed E-state index contributed by atoms with van der Waals surface area (Å²) in [5.74, 6) is 0.544. The molecule has 1 aliphatic carbocycles. The first-order valence-corrected chi connectivity index (χ1v) is 10.5. The predicted molar refractivity (Wildman–Crippen MR) is 115 cm³/mol. The van der Waals surface area contributed by atoms with Gasteiger partial charge in [0.15, 0.2) is 0 Å². The fourth-order valence-electron chi connectivity index (χ4n) is 3.40. The van der Waals surface area contributed by atoms with Crippen molar-refractivity contribution in [1.29, 1.82) is 0 Å². The Hall–Kier alpha value is -3.02. The number of oxime groups is 1. The van der Waals surface area contributed by atoms with Crippen LogP contribution in [-0.2, 0) is 16.1 Å². The van der Waals surface area contributed by atoms with E-state index in [-0.39, 0.29) is 19.1 Å². The summed E-state index contributed by atoms with van der Waals surface area (Å²) in [6.07, 6.45) is 5.73. The van der Waals surface area contributed by atoms with Crippen molar-refractivity contribution in [3.63, 3.8) is 0 Å². The Bertz CT molecular complexity index is 858. The van der Waals surface area contributed by atoms with E-state index in [1.807, 2.05) is 31.2 Å². The second-order valence-corrected chi connectivity index (χ2v) is 7.43. The molecular formula is C24H29NO5. The largest absolute Gasteiger partial charge is 0.490 e. The van der Waals surface area contributed by atoms with Crippen LogP contribution in [0, 0.1) is 0 Å². The Morgan fingerprint density at radius 2 is 1.87 bits per heavy atom. The normalized spacial score (nSPS) is 14.5. The number of ether oxygens (including phenoxy) is 2. The van der Waals surface area contributed by atoms with Crippen molar-refractivity contribution < 1.29 is 24.2 Å². The molecule has 1 saturated carbocycles. The number of hydrogen-bond acceptors (Lipinski definition) is 5. The molecule has 0 aliphatic heterocycles. The van der Waals surface area contributed by atoms with E-state index in [1.54, 1.807) is 24.3 Å². The molecule has 0 aromatic heterocycles. The minimum atomic E-state index is -0.874. The third-order valence-corrected chi connectivity index (χ3v) is 4.87. The summed E-state index contributed by atoms with van der Waals surface area (Å²) in [7, 11) is 0. The average Bonchev–Trinajstić information content (AvgIpc) is 3.23. The molecule has 2 aromatic carbocycles. The topological polar surface area (TPSA) is 77.4 Å². The van der Waals surface area contributed by atoms with E-state index < -0.39 is 5.97 Å². The summed E-state index contributed by atoms with van der Waals surface area (Å²) in [5.41, 5.74) is 2.22. The third-order valence-electron chi connectivity index (χ3n) is 4.87. The highest BCUT2D eigenvalue weighted by Crippen LogP contribution is 2.25. The van der Waals surface area contributed by atoms with Crippen molar-refractivity contribution in [3.05, 3.63) is 59.7 Å². The molecule has 1 aliphatic rings. The molecule has 6 nitrogen and oxygen atoms in total. The molecule has 0 heterocycles. The lowest BCUT2D eigenvalue weighted by Gasteiger charge is -2.15. The van der Waals surface area contributed by atoms with Crippen LogP contribution in [0.4, 0.5) is 0 Å². The van der Waals surface area contributed by atoms with Gasteiger partial charge in [0.05, 0.1) is 12.5 Å². The van der Waals surface area contributed by atoms with Crippen molar-refractivity contribution in [3.8, 4) is 11.5 Å². The van der Waals surface area contributed by atoms with E-state index in [0.29, 0.717) is 23.6 Å². The van der Waals surface area contributed by atoms with Gasteiger partial charge in [-0.3, -0.25) is 4.79 Å². The van der Waals surface area contributed by atoms with Gasteiger partial charge in [-0.2, -0.15) is 0 Å². The van der Waals surface area contributed by atoms with Gasteiger partial charge in [0.1, 0.15) is 30.4 Å². The van der Waals surface area contributed by atoms with E-state index in [4.69, 9.17) is 19.4 Å². The summed E-state index contributed by atoms with van der Waals surface area (Å²) in [4.78, 5) is 16.4. The van der Waals surface area contributed by atoms with Crippen molar-refractivity contribution in [2.45, 2.75) is 51.6 Å². The van der Waals surface area contributed by atoms with Gasteiger partial charge in [0.2, 0.25) is 0 Å². The first-order chi connectivity index (χ1) is 14.6. The van der Waals surface area contributed by atoms with Crippen LogP contribution in [0.15, 0.2) is 53.7 Å². The van der Waals surface area contributed by atoms with Crippen molar-refractivity contribution >= 4 is 11.7 Å². The van der Waals surface area contributed by atoms with E-state index in [9.17, 15) is 4.79 Å². The predicted octanol–water partition coefficient (Wildman–Crippen LogP) is 4.84. The summed E-state index contributed by atoms with van der Waals surface area (Å²) in [6, 6.07) is 14.9. The monoisotopic (exact) mass is 411 g/mol. The first kappa shape index (κ1) is 21.7. The van der Waals surface area contributed by atoms with Crippen LogP contribution < -0.4 is 9.47 Å². The lowest BCUT2D eigenvalue weighted by Crippen LogP contribution is -2.15. The van der Waals surface area contributed by atoms with Gasteiger partial charge in [-0.05, 0) is 61.9 Å². The average molecular weight is 411 g/mol. The number of carboxylic acids is 1. The van der Waals surface area contributed by atoms with Gasteiger partial charge in [-0.25, -0.2) is 0 Å². The summed E-state index contributed by atoms with van der Waals surface area (Å²) in [6.45, 7) is 2.75. The number of aliphatic carboxylic acids is 1. The van der Waals surface area contributed by atoms with Crippen LogP contribution in [-0.4, -0.2) is 36.1 Å². The smallest absolute Gasteiger partial charge is 0.307 e. The molecule has 0 radical (unpaired) electrons. The molecule has 0 atom stereocenters. The molecule has 0 bridgehead atoms. The van der Waals surface area contributed by atoms with Crippen LogP contribution >= 0.6 is 0 Å². The number of rotatable bonds is 11. The molecular weight excluding hydrogens is 382 g/mol. The second kappa shape index (κ2) is 11.2. The lowest BCUT2D eigenvalue weighted by molar-refractivity contribution is -0.136. The maximum atomic E-state index is 10.9. The van der Waals surface area contributed by atoms with Crippen molar-refractivity contribution in [1.82, 2.24) is 0 Å². The van der Waals surface area contributed by atoms with Crippen LogP contribution in [0.25, 0.3) is 0 Å². The van der Waals surface area contributed by atoms with Crippen LogP contribution in [0.1, 0.15) is 50.2 Å². The number of carboxylic acid groups (broad SMARTS) is 1. The standard InChI is InChI=1S/C24H29NO5/c1-2-13-29-25-23(17-28-21-11-5-7-18(14-21)15-24(26)27)19-8-6-12-22(16-19)30-20-9-3-4-10-20/h5-8,11-12,14,16,20H,2-4,9-10,13,15,17H2,1H3,(H,26,27)/b25-23+. The highest BCUT2D eigenvalue weighted by Gasteiger charge is 2.17. The minimum Gasteiger partial charge on any atom is -0.490 e. The van der Waals surface area contributed by atoms with Gasteiger partial charge in [-0.15, -0.1) is 0 Å². The molecule has 0 spiro atoms. The van der Waals surface area contributed by atoms with Crippen molar-refractivity contribution in [2.75, 3.05) is 13.2 Å². The first-order valence-electron chi connectivity index (χ1n) is 10.5. The zero-order valence-corrected chi connectivity index (χ0v) is 17.4. The van der Waals surface area contributed by atoms with Gasteiger partial charge >= 0.3 is 5.97 Å². The number of benzene rings is 2. The molecule has 3 rings (SSSR count). The zero-order chi connectivity index (χ0) is 21.2. The number of carbonyl (C=O) groups is 1. The molecule has 6 heteroatoms. The van der Waals surface area contributed by atoms with E-state index in [1.165, 1.54) is 12.8 Å².